The molecular formula is C13H15N3O2. The van der Waals surface area contributed by atoms with Gasteiger partial charge in [-0.15, -0.1) is 0 Å². The summed E-state index contributed by atoms with van der Waals surface area (Å²) in [6.07, 6.45) is 0. The molecule has 0 bridgehead atoms. The fourth-order valence-corrected chi connectivity index (χ4v) is 1.61. The molecule has 5 heteroatoms. The molecule has 0 radical (unpaired) electrons. The van der Waals surface area contributed by atoms with Crippen LogP contribution in [-0.2, 0) is 11.3 Å². The minimum absolute atomic E-state index is 0.413. The summed E-state index contributed by atoms with van der Waals surface area (Å²) >= 11 is 0. The second-order valence-electron chi connectivity index (χ2n) is 3.77. The van der Waals surface area contributed by atoms with Crippen LogP contribution in [0.25, 0.3) is 11.4 Å². The van der Waals surface area contributed by atoms with Crippen LogP contribution in [-0.4, -0.2) is 24.2 Å². The SMILES string of the molecule is COCc1cc(N)nc(-c2ccc(OC)cc2)n1. The molecule has 0 fully saturated rings. The van der Waals surface area contributed by atoms with Crippen molar-refractivity contribution in [3.8, 4) is 17.1 Å². The van der Waals surface area contributed by atoms with E-state index in [2.05, 4.69) is 9.97 Å². The van der Waals surface area contributed by atoms with Crippen LogP contribution in [0.4, 0.5) is 5.82 Å². The van der Waals surface area contributed by atoms with Gasteiger partial charge < -0.3 is 15.2 Å². The molecule has 0 saturated carbocycles. The van der Waals surface area contributed by atoms with E-state index in [9.17, 15) is 0 Å². The predicted octanol–water partition coefficient (Wildman–Crippen LogP) is 1.88. The van der Waals surface area contributed by atoms with Crippen LogP contribution >= 0.6 is 0 Å². The second-order valence-corrected chi connectivity index (χ2v) is 3.77. The minimum Gasteiger partial charge on any atom is -0.497 e. The fourth-order valence-electron chi connectivity index (χ4n) is 1.61. The van der Waals surface area contributed by atoms with Crippen LogP contribution in [0.3, 0.4) is 0 Å². The molecule has 0 unspecified atom stereocenters. The number of aromatic nitrogens is 2. The number of nitrogen functional groups attached to an aromatic ring is 1. The molecule has 0 aliphatic carbocycles. The molecule has 2 N–H and O–H groups in total. The lowest BCUT2D eigenvalue weighted by Crippen LogP contribution is -2.01. The van der Waals surface area contributed by atoms with E-state index in [1.54, 1.807) is 20.3 Å². The van der Waals surface area contributed by atoms with Crippen molar-refractivity contribution in [1.82, 2.24) is 9.97 Å². The van der Waals surface area contributed by atoms with Crippen LogP contribution in [0.5, 0.6) is 5.75 Å². The van der Waals surface area contributed by atoms with Crippen LogP contribution in [0.15, 0.2) is 30.3 Å². The van der Waals surface area contributed by atoms with Crippen LogP contribution in [0.1, 0.15) is 5.69 Å². The maximum atomic E-state index is 5.75. The van der Waals surface area contributed by atoms with Gasteiger partial charge in [0.2, 0.25) is 0 Å². The molecule has 0 amide bonds. The number of nitrogens with two attached hydrogens (primary N) is 1. The molecule has 1 aromatic carbocycles. The van der Waals surface area contributed by atoms with Crippen molar-refractivity contribution < 1.29 is 9.47 Å². The number of anilines is 1. The monoisotopic (exact) mass is 245 g/mol. The zero-order valence-electron chi connectivity index (χ0n) is 10.4. The molecular weight excluding hydrogens is 230 g/mol. The Morgan fingerprint density at radius 2 is 1.83 bits per heavy atom. The highest BCUT2D eigenvalue weighted by atomic mass is 16.5. The van der Waals surface area contributed by atoms with E-state index in [0.717, 1.165) is 17.0 Å². The van der Waals surface area contributed by atoms with Crippen molar-refractivity contribution in [2.45, 2.75) is 6.61 Å². The number of rotatable bonds is 4. The first-order valence-corrected chi connectivity index (χ1v) is 5.49. The topological polar surface area (TPSA) is 70.3 Å². The third kappa shape index (κ3) is 2.75. The van der Waals surface area contributed by atoms with E-state index in [1.807, 2.05) is 24.3 Å². The standard InChI is InChI=1S/C13H15N3O2/c1-17-8-10-7-12(14)16-13(15-10)9-3-5-11(18-2)6-4-9/h3-7H,8H2,1-2H3,(H2,14,15,16). The van der Waals surface area contributed by atoms with E-state index >= 15 is 0 Å². The van der Waals surface area contributed by atoms with Gasteiger partial charge in [-0.2, -0.15) is 0 Å². The van der Waals surface area contributed by atoms with Gasteiger partial charge in [-0.3, -0.25) is 0 Å². The highest BCUT2D eigenvalue weighted by Gasteiger charge is 2.05. The van der Waals surface area contributed by atoms with Gasteiger partial charge in [-0.05, 0) is 24.3 Å². The van der Waals surface area contributed by atoms with E-state index < -0.39 is 0 Å². The summed E-state index contributed by atoms with van der Waals surface area (Å²) in [6, 6.07) is 9.21. The zero-order chi connectivity index (χ0) is 13.0. The Balaban J connectivity index is 2.36. The molecule has 1 heterocycles. The summed E-state index contributed by atoms with van der Waals surface area (Å²) < 4.78 is 10.1. The summed E-state index contributed by atoms with van der Waals surface area (Å²) in [5.41, 5.74) is 7.40. The number of ether oxygens (including phenoxy) is 2. The van der Waals surface area contributed by atoms with E-state index in [1.165, 1.54) is 0 Å². The lowest BCUT2D eigenvalue weighted by atomic mass is 10.2. The lowest BCUT2D eigenvalue weighted by Gasteiger charge is -2.06. The summed E-state index contributed by atoms with van der Waals surface area (Å²) in [6.45, 7) is 0.413. The smallest absolute Gasteiger partial charge is 0.161 e. The molecule has 2 rings (SSSR count). The molecule has 0 atom stereocenters. The molecule has 0 aliphatic rings. The third-order valence-corrected chi connectivity index (χ3v) is 2.44. The predicted molar refractivity (Wildman–Crippen MR) is 69.1 cm³/mol. The van der Waals surface area contributed by atoms with Gasteiger partial charge in [0.25, 0.3) is 0 Å². The Labute approximate surface area is 106 Å². The quantitative estimate of drug-likeness (QED) is 0.890. The van der Waals surface area contributed by atoms with Gasteiger partial charge in [0, 0.05) is 18.7 Å². The number of methoxy groups -OCH3 is 2. The van der Waals surface area contributed by atoms with Crippen molar-refractivity contribution in [2.75, 3.05) is 20.0 Å². The first-order chi connectivity index (χ1) is 8.72. The molecule has 94 valence electrons. The molecule has 1 aromatic heterocycles. The van der Waals surface area contributed by atoms with Crippen LogP contribution in [0.2, 0.25) is 0 Å². The Kier molecular flexibility index (Phi) is 3.74. The number of hydrogen-bond acceptors (Lipinski definition) is 5. The maximum absolute atomic E-state index is 5.75. The third-order valence-electron chi connectivity index (χ3n) is 2.44. The minimum atomic E-state index is 0.413. The van der Waals surface area contributed by atoms with Gasteiger partial charge in [0.05, 0.1) is 19.4 Å². The Morgan fingerprint density at radius 3 is 2.44 bits per heavy atom. The van der Waals surface area contributed by atoms with E-state index in [4.69, 9.17) is 15.2 Å². The maximum Gasteiger partial charge on any atom is 0.161 e. The van der Waals surface area contributed by atoms with E-state index in [0.29, 0.717) is 18.2 Å². The Hall–Kier alpha value is -2.14. The summed E-state index contributed by atoms with van der Waals surface area (Å²) in [7, 11) is 3.24. The average molecular weight is 245 g/mol. The second kappa shape index (κ2) is 5.46. The van der Waals surface area contributed by atoms with Crippen molar-refractivity contribution in [1.29, 1.82) is 0 Å². The number of benzene rings is 1. The van der Waals surface area contributed by atoms with Crippen molar-refractivity contribution in [2.24, 2.45) is 0 Å². The molecule has 2 aromatic rings. The highest BCUT2D eigenvalue weighted by Crippen LogP contribution is 2.20. The van der Waals surface area contributed by atoms with Crippen LogP contribution in [0, 0.1) is 0 Å². The van der Waals surface area contributed by atoms with Gasteiger partial charge in [-0.25, -0.2) is 9.97 Å². The van der Waals surface area contributed by atoms with Crippen molar-refractivity contribution >= 4 is 5.82 Å². The summed E-state index contributed by atoms with van der Waals surface area (Å²) in [5.74, 6) is 1.81. The van der Waals surface area contributed by atoms with Gasteiger partial charge in [-0.1, -0.05) is 0 Å². The highest BCUT2D eigenvalue weighted by molar-refractivity contribution is 5.58. The van der Waals surface area contributed by atoms with Gasteiger partial charge >= 0.3 is 0 Å². The lowest BCUT2D eigenvalue weighted by molar-refractivity contribution is 0.181. The first-order valence-electron chi connectivity index (χ1n) is 5.49. The number of hydrogen-bond donors (Lipinski definition) is 1. The first kappa shape index (κ1) is 12.3. The van der Waals surface area contributed by atoms with E-state index in [-0.39, 0.29) is 0 Å². The number of nitrogens with zero attached hydrogens (tertiary/aromatic N) is 2. The molecule has 18 heavy (non-hydrogen) atoms. The summed E-state index contributed by atoms with van der Waals surface area (Å²) in [5, 5.41) is 0. The largest absolute Gasteiger partial charge is 0.497 e. The van der Waals surface area contributed by atoms with Gasteiger partial charge in [0.1, 0.15) is 11.6 Å². The Morgan fingerprint density at radius 1 is 1.11 bits per heavy atom. The average Bonchev–Trinajstić information content (AvgIpc) is 2.38. The molecule has 0 saturated heterocycles. The van der Waals surface area contributed by atoms with Crippen molar-refractivity contribution in [3.05, 3.63) is 36.0 Å². The van der Waals surface area contributed by atoms with Crippen molar-refractivity contribution in [3.63, 3.8) is 0 Å². The molecule has 5 nitrogen and oxygen atoms in total. The molecule has 0 aliphatic heterocycles. The fraction of sp³-hybridized carbons (Fsp3) is 0.231. The van der Waals surface area contributed by atoms with Crippen LogP contribution < -0.4 is 10.5 Å². The Bertz CT molecular complexity index is 526. The zero-order valence-corrected chi connectivity index (χ0v) is 10.4. The molecule has 0 spiro atoms. The normalized spacial score (nSPS) is 10.3. The summed E-state index contributed by atoms with van der Waals surface area (Å²) in [4.78, 5) is 8.60. The van der Waals surface area contributed by atoms with Gasteiger partial charge in [0.15, 0.2) is 5.82 Å².